The lowest BCUT2D eigenvalue weighted by atomic mass is 9.83. The van der Waals surface area contributed by atoms with Gasteiger partial charge in [0.2, 0.25) is 5.91 Å². The number of aliphatic hydroxyl groups is 1. The topological polar surface area (TPSA) is 61.4 Å². The minimum absolute atomic E-state index is 0.0528. The van der Waals surface area contributed by atoms with Crippen molar-refractivity contribution in [2.75, 3.05) is 13.1 Å². The Balaban J connectivity index is 1.92. The summed E-state index contributed by atoms with van der Waals surface area (Å²) in [6, 6.07) is 7.65. The summed E-state index contributed by atoms with van der Waals surface area (Å²) in [5.41, 5.74) is 1.72. The molecule has 2 rings (SSSR count). The number of carbonyl (C=O) groups is 1. The smallest absolute Gasteiger partial charge is 0.227 e. The van der Waals surface area contributed by atoms with E-state index in [0.717, 1.165) is 37.1 Å². The second-order valence-corrected chi connectivity index (χ2v) is 5.22. The minimum atomic E-state index is -0.231. The fraction of sp³-hybridized carbons (Fsp3) is 0.533. The van der Waals surface area contributed by atoms with Crippen LogP contribution in [0.3, 0.4) is 0 Å². The number of aliphatic hydroxyl groups excluding tert-OH is 1. The van der Waals surface area contributed by atoms with Crippen molar-refractivity contribution < 1.29 is 9.90 Å². The van der Waals surface area contributed by atoms with Crippen molar-refractivity contribution in [1.82, 2.24) is 10.6 Å². The van der Waals surface area contributed by atoms with Crippen molar-refractivity contribution in [3.05, 3.63) is 35.4 Å². The van der Waals surface area contributed by atoms with E-state index in [1.165, 1.54) is 0 Å². The van der Waals surface area contributed by atoms with E-state index >= 15 is 0 Å². The summed E-state index contributed by atoms with van der Waals surface area (Å²) < 4.78 is 0. The molecular weight excluding hydrogens is 240 g/mol. The van der Waals surface area contributed by atoms with Gasteiger partial charge in [0.15, 0.2) is 0 Å². The van der Waals surface area contributed by atoms with Gasteiger partial charge in [-0.1, -0.05) is 31.2 Å². The molecule has 1 atom stereocenters. The summed E-state index contributed by atoms with van der Waals surface area (Å²) >= 11 is 0. The highest BCUT2D eigenvalue weighted by atomic mass is 16.3. The molecule has 0 saturated carbocycles. The van der Waals surface area contributed by atoms with E-state index in [9.17, 15) is 4.79 Å². The summed E-state index contributed by atoms with van der Waals surface area (Å²) in [6.45, 7) is 4.37. The number of nitrogens with one attached hydrogen (secondary N) is 2. The zero-order valence-corrected chi connectivity index (χ0v) is 11.4. The summed E-state index contributed by atoms with van der Waals surface area (Å²) in [7, 11) is 0. The van der Waals surface area contributed by atoms with E-state index in [-0.39, 0.29) is 17.9 Å². The largest absolute Gasteiger partial charge is 0.392 e. The Labute approximate surface area is 114 Å². The first-order valence-electron chi connectivity index (χ1n) is 6.88. The Hall–Kier alpha value is -1.39. The predicted octanol–water partition coefficient (Wildman–Crippen LogP) is 1.18. The van der Waals surface area contributed by atoms with Crippen LogP contribution in [0, 0.1) is 5.41 Å². The molecule has 0 bridgehead atoms. The van der Waals surface area contributed by atoms with Crippen LogP contribution in [0.25, 0.3) is 0 Å². The molecule has 4 heteroatoms. The Morgan fingerprint density at radius 2 is 2.05 bits per heavy atom. The first-order valence-corrected chi connectivity index (χ1v) is 6.88. The molecule has 0 aromatic heterocycles. The van der Waals surface area contributed by atoms with Crippen LogP contribution >= 0.6 is 0 Å². The van der Waals surface area contributed by atoms with Crippen LogP contribution in [0.1, 0.15) is 30.9 Å². The molecule has 1 fully saturated rings. The number of carbonyl (C=O) groups excluding carboxylic acids is 1. The highest BCUT2D eigenvalue weighted by Gasteiger charge is 2.39. The summed E-state index contributed by atoms with van der Waals surface area (Å²) in [6.07, 6.45) is 1.79. The molecule has 0 radical (unpaired) electrons. The molecule has 3 N–H and O–H groups in total. The molecule has 4 nitrogen and oxygen atoms in total. The maximum atomic E-state index is 12.3. The first kappa shape index (κ1) is 14.0. The Kier molecular flexibility index (Phi) is 4.56. The van der Waals surface area contributed by atoms with Crippen molar-refractivity contribution in [2.24, 2.45) is 5.41 Å². The SMILES string of the molecule is CCC1(C(=O)NCc2ccc(CO)cc2)CCNC1. The van der Waals surface area contributed by atoms with Gasteiger partial charge >= 0.3 is 0 Å². The maximum Gasteiger partial charge on any atom is 0.227 e. The molecule has 1 aliphatic rings. The van der Waals surface area contributed by atoms with E-state index in [1.807, 2.05) is 24.3 Å². The lowest BCUT2D eigenvalue weighted by Crippen LogP contribution is -2.41. The molecule has 1 unspecified atom stereocenters. The second-order valence-electron chi connectivity index (χ2n) is 5.22. The predicted molar refractivity (Wildman–Crippen MR) is 74.4 cm³/mol. The molecule has 0 aliphatic carbocycles. The average Bonchev–Trinajstić information content (AvgIpc) is 2.95. The average molecular weight is 262 g/mol. The van der Waals surface area contributed by atoms with Gasteiger partial charge in [-0.25, -0.2) is 0 Å². The van der Waals surface area contributed by atoms with Crippen molar-refractivity contribution in [3.8, 4) is 0 Å². The third kappa shape index (κ3) is 3.14. The third-order valence-electron chi connectivity index (χ3n) is 4.06. The van der Waals surface area contributed by atoms with Crippen LogP contribution in [0.15, 0.2) is 24.3 Å². The number of amides is 1. The van der Waals surface area contributed by atoms with Gasteiger partial charge in [-0.3, -0.25) is 4.79 Å². The van der Waals surface area contributed by atoms with E-state index in [4.69, 9.17) is 5.11 Å². The minimum Gasteiger partial charge on any atom is -0.392 e. The van der Waals surface area contributed by atoms with E-state index in [2.05, 4.69) is 17.6 Å². The molecular formula is C15H22N2O2. The van der Waals surface area contributed by atoms with Crippen LogP contribution in [-0.2, 0) is 17.9 Å². The molecule has 1 amide bonds. The van der Waals surface area contributed by atoms with Gasteiger partial charge < -0.3 is 15.7 Å². The number of hydrogen-bond donors (Lipinski definition) is 3. The highest BCUT2D eigenvalue weighted by Crippen LogP contribution is 2.29. The first-order chi connectivity index (χ1) is 9.20. The Morgan fingerprint density at radius 3 is 2.58 bits per heavy atom. The van der Waals surface area contributed by atoms with Gasteiger partial charge in [-0.15, -0.1) is 0 Å². The van der Waals surface area contributed by atoms with Gasteiger partial charge in [-0.05, 0) is 30.5 Å². The lowest BCUT2D eigenvalue weighted by Gasteiger charge is -2.25. The molecule has 1 saturated heterocycles. The third-order valence-corrected chi connectivity index (χ3v) is 4.06. The van der Waals surface area contributed by atoms with E-state index in [1.54, 1.807) is 0 Å². The van der Waals surface area contributed by atoms with Crippen LogP contribution in [0.4, 0.5) is 0 Å². The Morgan fingerprint density at radius 1 is 1.37 bits per heavy atom. The van der Waals surface area contributed by atoms with Crippen LogP contribution in [-0.4, -0.2) is 24.1 Å². The van der Waals surface area contributed by atoms with E-state index < -0.39 is 0 Å². The lowest BCUT2D eigenvalue weighted by molar-refractivity contribution is -0.130. The summed E-state index contributed by atoms with van der Waals surface area (Å²) in [5.74, 6) is 0.145. The standard InChI is InChI=1S/C15H22N2O2/c1-2-15(7-8-16-11-15)14(19)17-9-12-3-5-13(10-18)6-4-12/h3-6,16,18H,2,7-11H2,1H3,(H,17,19). The van der Waals surface area contributed by atoms with Crippen molar-refractivity contribution in [1.29, 1.82) is 0 Å². The van der Waals surface area contributed by atoms with Crippen LogP contribution < -0.4 is 10.6 Å². The molecule has 104 valence electrons. The number of hydrogen-bond acceptors (Lipinski definition) is 3. The van der Waals surface area contributed by atoms with Crippen molar-refractivity contribution in [2.45, 2.75) is 32.9 Å². The molecule has 1 aromatic rings. The maximum absolute atomic E-state index is 12.3. The van der Waals surface area contributed by atoms with Gasteiger partial charge in [0, 0.05) is 13.1 Å². The van der Waals surface area contributed by atoms with Gasteiger partial charge in [0.25, 0.3) is 0 Å². The summed E-state index contributed by atoms with van der Waals surface area (Å²) in [5, 5.41) is 15.3. The zero-order chi connectivity index (χ0) is 13.7. The van der Waals surface area contributed by atoms with Gasteiger partial charge in [-0.2, -0.15) is 0 Å². The van der Waals surface area contributed by atoms with Crippen LogP contribution in [0.2, 0.25) is 0 Å². The normalized spacial score (nSPS) is 22.4. The molecule has 1 aliphatic heterocycles. The quantitative estimate of drug-likeness (QED) is 0.747. The van der Waals surface area contributed by atoms with E-state index in [0.29, 0.717) is 6.54 Å². The fourth-order valence-electron chi connectivity index (χ4n) is 2.53. The fourth-order valence-corrected chi connectivity index (χ4v) is 2.53. The van der Waals surface area contributed by atoms with Gasteiger partial charge in [0.05, 0.1) is 12.0 Å². The van der Waals surface area contributed by atoms with Crippen molar-refractivity contribution in [3.63, 3.8) is 0 Å². The molecule has 1 heterocycles. The summed E-state index contributed by atoms with van der Waals surface area (Å²) in [4.78, 5) is 12.3. The molecule has 19 heavy (non-hydrogen) atoms. The Bertz CT molecular complexity index is 422. The van der Waals surface area contributed by atoms with Crippen molar-refractivity contribution >= 4 is 5.91 Å². The highest BCUT2D eigenvalue weighted by molar-refractivity contribution is 5.83. The van der Waals surface area contributed by atoms with Crippen LogP contribution in [0.5, 0.6) is 0 Å². The zero-order valence-electron chi connectivity index (χ0n) is 11.4. The number of rotatable bonds is 5. The molecule has 1 aromatic carbocycles. The number of benzene rings is 1. The monoisotopic (exact) mass is 262 g/mol. The molecule has 0 spiro atoms. The second kappa shape index (κ2) is 6.17. The van der Waals surface area contributed by atoms with Gasteiger partial charge in [0.1, 0.15) is 0 Å².